The van der Waals surface area contributed by atoms with Crippen molar-refractivity contribution in [2.45, 2.75) is 50.2 Å². The summed E-state index contributed by atoms with van der Waals surface area (Å²) < 4.78 is 5.58. The van der Waals surface area contributed by atoms with Crippen LogP contribution in [0.1, 0.15) is 43.7 Å². The number of carbonyl (C=O) groups is 1. The number of likely N-dealkylation sites (tertiary alicyclic amines) is 1. The molecular formula is C25H28ClN5O3. The number of amides is 1. The van der Waals surface area contributed by atoms with Gasteiger partial charge in [0.15, 0.2) is 0 Å². The van der Waals surface area contributed by atoms with Gasteiger partial charge in [-0.2, -0.15) is 5.10 Å². The van der Waals surface area contributed by atoms with Crippen LogP contribution in [0.3, 0.4) is 0 Å². The van der Waals surface area contributed by atoms with Crippen molar-refractivity contribution in [3.05, 3.63) is 53.6 Å². The van der Waals surface area contributed by atoms with E-state index in [1.807, 2.05) is 30.3 Å². The molecule has 5 rings (SSSR count). The number of aliphatic hydroxyl groups excluding tert-OH is 1. The first-order valence-electron chi connectivity index (χ1n) is 11.8. The Kier molecular flexibility index (Phi) is 6.89. The Hall–Kier alpha value is -2.81. The number of ether oxygens (including phenoxy) is 1. The van der Waals surface area contributed by atoms with Gasteiger partial charge in [-0.1, -0.05) is 23.7 Å². The highest BCUT2D eigenvalue weighted by Gasteiger charge is 2.32. The largest absolute Gasteiger partial charge is 0.383 e. The second kappa shape index (κ2) is 10.2. The lowest BCUT2D eigenvalue weighted by Gasteiger charge is -2.33. The van der Waals surface area contributed by atoms with Crippen LogP contribution >= 0.6 is 11.6 Å². The van der Waals surface area contributed by atoms with Crippen molar-refractivity contribution in [3.63, 3.8) is 0 Å². The van der Waals surface area contributed by atoms with E-state index in [1.54, 1.807) is 11.1 Å². The number of nitrogens with one attached hydrogen (secondary N) is 1. The minimum atomic E-state index is -1.00. The van der Waals surface area contributed by atoms with Crippen LogP contribution in [0, 0.1) is 0 Å². The highest BCUT2D eigenvalue weighted by molar-refractivity contribution is 6.30. The van der Waals surface area contributed by atoms with E-state index in [4.69, 9.17) is 16.3 Å². The molecule has 2 aromatic heterocycles. The third-order valence-corrected chi connectivity index (χ3v) is 7.01. The Bertz CT molecular complexity index is 1110. The molecule has 2 saturated heterocycles. The number of carbonyl (C=O) groups excluding carboxylic acids is 1. The Morgan fingerprint density at radius 1 is 1.21 bits per heavy atom. The van der Waals surface area contributed by atoms with E-state index in [-0.39, 0.29) is 17.9 Å². The van der Waals surface area contributed by atoms with Gasteiger partial charge in [-0.25, -0.2) is 9.97 Å². The topological polar surface area (TPSA) is 104 Å². The summed E-state index contributed by atoms with van der Waals surface area (Å²) in [6.45, 7) is 1.89. The van der Waals surface area contributed by atoms with E-state index in [9.17, 15) is 9.90 Å². The summed E-state index contributed by atoms with van der Waals surface area (Å²) in [5, 5.41) is 19.0. The Balaban J connectivity index is 1.33. The first kappa shape index (κ1) is 23.0. The fourth-order valence-electron chi connectivity index (χ4n) is 4.94. The number of piperidine rings is 1. The van der Waals surface area contributed by atoms with Crippen molar-refractivity contribution in [2.75, 3.05) is 19.7 Å². The highest BCUT2D eigenvalue weighted by atomic mass is 35.5. The number of aromatic amines is 1. The van der Waals surface area contributed by atoms with Crippen molar-refractivity contribution >= 4 is 17.5 Å². The predicted octanol–water partition coefficient (Wildman–Crippen LogP) is 3.82. The number of benzene rings is 1. The molecule has 0 aliphatic carbocycles. The SMILES string of the molecule is O=C(C(O)CC1CCCO1)N1CCC(c2[nH]nc(-c3ccc(Cl)cc3)c2-c2ccncn2)CC1. The number of H-pyrrole nitrogens is 1. The number of halogens is 1. The summed E-state index contributed by atoms with van der Waals surface area (Å²) in [6.07, 6.45) is 6.08. The molecule has 2 unspecified atom stereocenters. The molecular weight excluding hydrogens is 454 g/mol. The van der Waals surface area contributed by atoms with Crippen LogP contribution in [-0.4, -0.2) is 68.0 Å². The van der Waals surface area contributed by atoms with E-state index >= 15 is 0 Å². The van der Waals surface area contributed by atoms with Crippen molar-refractivity contribution in [2.24, 2.45) is 0 Å². The summed E-state index contributed by atoms with van der Waals surface area (Å²) in [5.74, 6) is -0.00527. The van der Waals surface area contributed by atoms with Crippen LogP contribution in [0.4, 0.5) is 0 Å². The van der Waals surface area contributed by atoms with Gasteiger partial charge >= 0.3 is 0 Å². The molecule has 178 valence electrons. The average molecular weight is 482 g/mol. The highest BCUT2D eigenvalue weighted by Crippen LogP contribution is 2.39. The zero-order valence-electron chi connectivity index (χ0n) is 18.9. The van der Waals surface area contributed by atoms with Crippen LogP contribution in [-0.2, 0) is 9.53 Å². The maximum atomic E-state index is 12.8. The first-order chi connectivity index (χ1) is 16.6. The molecule has 8 nitrogen and oxygen atoms in total. The third-order valence-electron chi connectivity index (χ3n) is 6.76. The molecule has 2 fully saturated rings. The molecule has 3 aromatic rings. The monoisotopic (exact) mass is 481 g/mol. The molecule has 0 bridgehead atoms. The number of hydrogen-bond donors (Lipinski definition) is 2. The van der Waals surface area contributed by atoms with Crippen molar-refractivity contribution in [1.82, 2.24) is 25.1 Å². The molecule has 1 aromatic carbocycles. The average Bonchev–Trinajstić information content (AvgIpc) is 3.55. The maximum Gasteiger partial charge on any atom is 0.251 e. The van der Waals surface area contributed by atoms with E-state index in [0.29, 0.717) is 31.1 Å². The number of aromatic nitrogens is 4. The fraction of sp³-hybridized carbons (Fsp3) is 0.440. The molecule has 2 aliphatic rings. The number of hydrogen-bond acceptors (Lipinski definition) is 6. The molecule has 1 amide bonds. The molecule has 0 saturated carbocycles. The van der Waals surface area contributed by atoms with Crippen molar-refractivity contribution in [3.8, 4) is 22.5 Å². The lowest BCUT2D eigenvalue weighted by atomic mass is 9.88. The van der Waals surface area contributed by atoms with Gasteiger partial charge in [-0.05, 0) is 43.9 Å². The standard InChI is InChI=1S/C25H28ClN5O3/c26-18-5-3-16(4-6-18)23-22(20-7-10-27-15-28-20)24(30-29-23)17-8-11-31(12-9-17)25(33)21(32)14-19-2-1-13-34-19/h3-7,10,15,17,19,21,32H,1-2,8-9,11-14H2,(H,29,30). The molecule has 2 aliphatic heterocycles. The second-order valence-corrected chi connectivity index (χ2v) is 9.38. The smallest absolute Gasteiger partial charge is 0.251 e. The van der Waals surface area contributed by atoms with Crippen LogP contribution in [0.15, 0.2) is 42.9 Å². The minimum Gasteiger partial charge on any atom is -0.383 e. The molecule has 34 heavy (non-hydrogen) atoms. The van der Waals surface area contributed by atoms with Gasteiger partial charge in [-0.15, -0.1) is 0 Å². The van der Waals surface area contributed by atoms with Crippen LogP contribution in [0.25, 0.3) is 22.5 Å². The van der Waals surface area contributed by atoms with Gasteiger partial charge in [0.1, 0.15) is 18.1 Å². The Labute approximate surface area is 203 Å². The summed E-state index contributed by atoms with van der Waals surface area (Å²) in [4.78, 5) is 23.1. The normalized spacial score (nSPS) is 19.9. The zero-order valence-corrected chi connectivity index (χ0v) is 19.6. The molecule has 0 spiro atoms. The zero-order chi connectivity index (χ0) is 23.5. The lowest BCUT2D eigenvalue weighted by Crippen LogP contribution is -2.44. The summed E-state index contributed by atoms with van der Waals surface area (Å²) in [7, 11) is 0. The summed E-state index contributed by atoms with van der Waals surface area (Å²) >= 11 is 6.09. The van der Waals surface area contributed by atoms with E-state index in [0.717, 1.165) is 53.9 Å². The number of aliphatic hydroxyl groups is 1. The van der Waals surface area contributed by atoms with Gasteiger partial charge in [0, 0.05) is 60.1 Å². The van der Waals surface area contributed by atoms with E-state index < -0.39 is 6.10 Å². The third kappa shape index (κ3) is 4.85. The van der Waals surface area contributed by atoms with Gasteiger partial charge < -0.3 is 14.7 Å². The first-order valence-corrected chi connectivity index (χ1v) is 12.2. The van der Waals surface area contributed by atoms with Crippen molar-refractivity contribution < 1.29 is 14.6 Å². The van der Waals surface area contributed by atoms with E-state index in [2.05, 4.69) is 20.2 Å². The quantitative estimate of drug-likeness (QED) is 0.554. The molecule has 0 radical (unpaired) electrons. The number of nitrogens with zero attached hydrogens (tertiary/aromatic N) is 4. The molecule has 4 heterocycles. The summed E-state index contributed by atoms with van der Waals surface area (Å²) in [5.41, 5.74) is 4.53. The summed E-state index contributed by atoms with van der Waals surface area (Å²) in [6, 6.07) is 9.48. The van der Waals surface area contributed by atoms with Crippen LogP contribution < -0.4 is 0 Å². The molecule has 2 atom stereocenters. The Morgan fingerprint density at radius 2 is 2.00 bits per heavy atom. The van der Waals surface area contributed by atoms with Gasteiger partial charge in [0.25, 0.3) is 5.91 Å². The van der Waals surface area contributed by atoms with Crippen LogP contribution in [0.5, 0.6) is 0 Å². The van der Waals surface area contributed by atoms with Gasteiger partial charge in [0.2, 0.25) is 0 Å². The molecule has 2 N–H and O–H groups in total. The predicted molar refractivity (Wildman–Crippen MR) is 128 cm³/mol. The lowest BCUT2D eigenvalue weighted by molar-refractivity contribution is -0.143. The Morgan fingerprint density at radius 3 is 2.68 bits per heavy atom. The minimum absolute atomic E-state index is 0.0109. The van der Waals surface area contributed by atoms with Crippen molar-refractivity contribution in [1.29, 1.82) is 0 Å². The molecule has 9 heteroatoms. The van der Waals surface area contributed by atoms with Gasteiger partial charge in [0.05, 0.1) is 11.8 Å². The van der Waals surface area contributed by atoms with Crippen LogP contribution in [0.2, 0.25) is 5.02 Å². The fourth-order valence-corrected chi connectivity index (χ4v) is 5.07. The van der Waals surface area contributed by atoms with E-state index in [1.165, 1.54) is 6.33 Å². The second-order valence-electron chi connectivity index (χ2n) is 8.95. The number of rotatable bonds is 6. The van der Waals surface area contributed by atoms with Gasteiger partial charge in [-0.3, -0.25) is 9.89 Å². The maximum absolute atomic E-state index is 12.8.